The molecule has 5 heteroatoms. The highest BCUT2D eigenvalue weighted by Crippen LogP contribution is 2.37. The predicted octanol–water partition coefficient (Wildman–Crippen LogP) is 0.534. The molecule has 2 heterocycles. The van der Waals surface area contributed by atoms with Crippen LogP contribution in [0.3, 0.4) is 0 Å². The van der Waals surface area contributed by atoms with Gasteiger partial charge in [-0.05, 0) is 25.9 Å². The van der Waals surface area contributed by atoms with Gasteiger partial charge in [0.05, 0.1) is 11.9 Å². The zero-order valence-electron chi connectivity index (χ0n) is 10.3. The molecule has 0 aromatic carbocycles. The summed E-state index contributed by atoms with van der Waals surface area (Å²) < 4.78 is 0. The maximum Gasteiger partial charge on any atom is 0.246 e. The van der Waals surface area contributed by atoms with Crippen LogP contribution >= 0.6 is 0 Å². The van der Waals surface area contributed by atoms with Crippen LogP contribution in [0.25, 0.3) is 0 Å². The van der Waals surface area contributed by atoms with Gasteiger partial charge in [-0.1, -0.05) is 6.92 Å². The molecule has 1 aromatic rings. The van der Waals surface area contributed by atoms with Gasteiger partial charge in [0.2, 0.25) is 5.91 Å². The maximum absolute atomic E-state index is 12.3. The van der Waals surface area contributed by atoms with Crippen LogP contribution in [0.15, 0.2) is 18.6 Å². The summed E-state index contributed by atoms with van der Waals surface area (Å²) in [6.07, 6.45) is 6.79. The lowest BCUT2D eigenvalue weighted by atomic mass is 9.91. The molecule has 1 N–H and O–H groups in total. The number of likely N-dealkylation sites (N-methyl/N-ethyl adjacent to an activating group) is 2. The van der Waals surface area contributed by atoms with E-state index in [9.17, 15) is 4.79 Å². The predicted molar refractivity (Wildman–Crippen MR) is 64.3 cm³/mol. The molecule has 1 atom stereocenters. The van der Waals surface area contributed by atoms with E-state index in [1.54, 1.807) is 25.6 Å². The van der Waals surface area contributed by atoms with Crippen molar-refractivity contribution in [3.63, 3.8) is 0 Å². The Morgan fingerprint density at radius 2 is 2.41 bits per heavy atom. The fraction of sp³-hybridized carbons (Fsp3) is 0.583. The topological polar surface area (TPSA) is 58.1 Å². The van der Waals surface area contributed by atoms with Crippen LogP contribution in [0.1, 0.15) is 25.5 Å². The third-order valence-corrected chi connectivity index (χ3v) is 3.48. The Kier molecular flexibility index (Phi) is 3.38. The minimum Gasteiger partial charge on any atom is -0.357 e. The fourth-order valence-electron chi connectivity index (χ4n) is 2.69. The molecule has 1 saturated heterocycles. The summed E-state index contributed by atoms with van der Waals surface area (Å²) in [6.45, 7) is 3.84. The average Bonchev–Trinajstić information content (AvgIpc) is 2.83. The number of hydrogen-bond donors (Lipinski definition) is 1. The van der Waals surface area contributed by atoms with E-state index in [4.69, 9.17) is 0 Å². The van der Waals surface area contributed by atoms with Crippen LogP contribution < -0.4 is 5.32 Å². The number of aromatic nitrogens is 2. The highest BCUT2D eigenvalue weighted by molar-refractivity contribution is 5.87. The minimum absolute atomic E-state index is 0.0114. The molecule has 0 spiro atoms. The van der Waals surface area contributed by atoms with E-state index >= 15 is 0 Å². The second-order valence-corrected chi connectivity index (χ2v) is 4.21. The van der Waals surface area contributed by atoms with E-state index in [1.165, 1.54) is 0 Å². The third kappa shape index (κ3) is 1.80. The number of nitrogens with one attached hydrogen (secondary N) is 1. The van der Waals surface area contributed by atoms with Crippen molar-refractivity contribution in [3.8, 4) is 0 Å². The van der Waals surface area contributed by atoms with Gasteiger partial charge in [0, 0.05) is 19.4 Å². The maximum atomic E-state index is 12.3. The van der Waals surface area contributed by atoms with Crippen molar-refractivity contribution in [1.29, 1.82) is 0 Å². The molecule has 5 nitrogen and oxygen atoms in total. The molecule has 0 aliphatic carbocycles. The number of likely N-dealkylation sites (tertiary alicyclic amines) is 1. The molecular weight excluding hydrogens is 216 g/mol. The summed E-state index contributed by atoms with van der Waals surface area (Å²) in [5.41, 5.74) is 0.122. The number of amides is 1. The number of hydrogen-bond acceptors (Lipinski definition) is 4. The molecule has 17 heavy (non-hydrogen) atoms. The monoisotopic (exact) mass is 234 g/mol. The number of rotatable bonds is 3. The molecule has 1 aliphatic rings. The molecule has 1 amide bonds. The van der Waals surface area contributed by atoms with Crippen LogP contribution in [0.4, 0.5) is 0 Å². The Morgan fingerprint density at radius 3 is 3.00 bits per heavy atom. The van der Waals surface area contributed by atoms with Crippen LogP contribution in [-0.4, -0.2) is 40.9 Å². The van der Waals surface area contributed by atoms with Gasteiger partial charge in [0.1, 0.15) is 5.54 Å². The zero-order valence-corrected chi connectivity index (χ0v) is 10.3. The number of nitrogens with zero attached hydrogens (tertiary/aromatic N) is 3. The van der Waals surface area contributed by atoms with Crippen LogP contribution in [-0.2, 0) is 10.3 Å². The largest absolute Gasteiger partial charge is 0.357 e. The summed E-state index contributed by atoms with van der Waals surface area (Å²) >= 11 is 0. The molecule has 0 bridgehead atoms. The van der Waals surface area contributed by atoms with Gasteiger partial charge in [0.25, 0.3) is 0 Å². The Bertz CT molecular complexity index is 395. The van der Waals surface area contributed by atoms with Gasteiger partial charge < -0.3 is 5.32 Å². The van der Waals surface area contributed by atoms with Crippen molar-refractivity contribution >= 4 is 5.91 Å². The summed E-state index contributed by atoms with van der Waals surface area (Å²) in [6, 6.07) is 0. The standard InChI is InChI=1S/C12H18N4O/c1-3-16-8-4-5-12(16,11(17)13-2)10-9-14-6-7-15-10/h6-7,9H,3-5,8H2,1-2H3,(H,13,17). The Balaban J connectivity index is 2.48. The summed E-state index contributed by atoms with van der Waals surface area (Å²) in [5, 5.41) is 2.76. The molecule has 2 rings (SSSR count). The molecule has 1 aliphatic heterocycles. The van der Waals surface area contributed by atoms with Crippen molar-refractivity contribution in [3.05, 3.63) is 24.3 Å². The first-order valence-corrected chi connectivity index (χ1v) is 5.99. The highest BCUT2D eigenvalue weighted by atomic mass is 16.2. The lowest BCUT2D eigenvalue weighted by Gasteiger charge is -2.35. The zero-order chi connectivity index (χ0) is 12.3. The second-order valence-electron chi connectivity index (χ2n) is 4.21. The van der Waals surface area contributed by atoms with E-state index in [0.29, 0.717) is 0 Å². The number of carbonyl (C=O) groups excluding carboxylic acids is 1. The van der Waals surface area contributed by atoms with E-state index in [1.807, 2.05) is 0 Å². The Morgan fingerprint density at radius 1 is 1.59 bits per heavy atom. The first-order chi connectivity index (χ1) is 8.25. The van der Waals surface area contributed by atoms with E-state index < -0.39 is 5.54 Å². The molecule has 1 fully saturated rings. The van der Waals surface area contributed by atoms with E-state index in [2.05, 4.69) is 27.1 Å². The second kappa shape index (κ2) is 4.79. The van der Waals surface area contributed by atoms with Crippen LogP contribution in [0.5, 0.6) is 0 Å². The van der Waals surface area contributed by atoms with Crippen molar-refractivity contribution in [2.24, 2.45) is 0 Å². The fourth-order valence-corrected chi connectivity index (χ4v) is 2.69. The van der Waals surface area contributed by atoms with Crippen molar-refractivity contribution in [2.45, 2.75) is 25.3 Å². The van der Waals surface area contributed by atoms with Gasteiger partial charge in [0.15, 0.2) is 0 Å². The van der Waals surface area contributed by atoms with E-state index in [0.717, 1.165) is 31.6 Å². The molecule has 0 radical (unpaired) electrons. The minimum atomic E-state index is -0.627. The summed E-state index contributed by atoms with van der Waals surface area (Å²) in [4.78, 5) is 22.9. The van der Waals surface area contributed by atoms with Gasteiger partial charge in [-0.25, -0.2) is 0 Å². The van der Waals surface area contributed by atoms with E-state index in [-0.39, 0.29) is 5.91 Å². The first-order valence-electron chi connectivity index (χ1n) is 5.99. The van der Waals surface area contributed by atoms with Crippen LogP contribution in [0.2, 0.25) is 0 Å². The van der Waals surface area contributed by atoms with Gasteiger partial charge in [-0.2, -0.15) is 0 Å². The van der Waals surface area contributed by atoms with Crippen LogP contribution in [0, 0.1) is 0 Å². The molecule has 1 unspecified atom stereocenters. The first kappa shape index (κ1) is 12.0. The molecule has 92 valence electrons. The van der Waals surface area contributed by atoms with Gasteiger partial charge in [-0.3, -0.25) is 19.7 Å². The Labute approximate surface area is 101 Å². The van der Waals surface area contributed by atoms with Gasteiger partial charge >= 0.3 is 0 Å². The third-order valence-electron chi connectivity index (χ3n) is 3.48. The van der Waals surface area contributed by atoms with Crippen molar-refractivity contribution < 1.29 is 4.79 Å². The molecular formula is C12H18N4O. The molecule has 0 saturated carbocycles. The quantitative estimate of drug-likeness (QED) is 0.829. The average molecular weight is 234 g/mol. The molecule has 1 aromatic heterocycles. The van der Waals surface area contributed by atoms with Gasteiger partial charge in [-0.15, -0.1) is 0 Å². The highest BCUT2D eigenvalue weighted by Gasteiger charge is 2.49. The summed E-state index contributed by atoms with van der Waals surface area (Å²) in [7, 11) is 1.67. The lowest BCUT2D eigenvalue weighted by Crippen LogP contribution is -2.52. The normalized spacial score (nSPS) is 24.8. The Hall–Kier alpha value is -1.49. The lowest BCUT2D eigenvalue weighted by molar-refractivity contribution is -0.132. The smallest absolute Gasteiger partial charge is 0.246 e. The number of carbonyl (C=O) groups is 1. The summed E-state index contributed by atoms with van der Waals surface area (Å²) in [5.74, 6) is 0.0114. The van der Waals surface area contributed by atoms with Crippen molar-refractivity contribution in [1.82, 2.24) is 20.2 Å². The SMILES string of the molecule is CCN1CCCC1(C(=O)NC)c1cnccn1. The van der Waals surface area contributed by atoms with Crippen molar-refractivity contribution in [2.75, 3.05) is 20.1 Å².